The van der Waals surface area contributed by atoms with E-state index in [1.165, 1.54) is 20.8 Å². The van der Waals surface area contributed by atoms with E-state index in [1.54, 1.807) is 0 Å². The van der Waals surface area contributed by atoms with Gasteiger partial charge in [0.2, 0.25) is 0 Å². The van der Waals surface area contributed by atoms with Crippen LogP contribution < -0.4 is 0 Å². The van der Waals surface area contributed by atoms with Gasteiger partial charge >= 0.3 is 17.9 Å². The third kappa shape index (κ3) is 3.37. The Morgan fingerprint density at radius 1 is 0.864 bits per heavy atom. The van der Waals surface area contributed by atoms with Crippen molar-refractivity contribution in [2.24, 2.45) is 0 Å². The first-order valence-corrected chi connectivity index (χ1v) is 6.77. The molecule has 0 spiro atoms. The molecular formula is C13H18O9. The van der Waals surface area contributed by atoms with E-state index in [0.29, 0.717) is 0 Å². The van der Waals surface area contributed by atoms with E-state index in [1.807, 2.05) is 0 Å². The molecule has 9 heteroatoms. The van der Waals surface area contributed by atoms with Crippen molar-refractivity contribution in [1.29, 1.82) is 0 Å². The van der Waals surface area contributed by atoms with Gasteiger partial charge in [0.15, 0.2) is 24.6 Å². The molecule has 22 heavy (non-hydrogen) atoms. The molecule has 0 aromatic carbocycles. The summed E-state index contributed by atoms with van der Waals surface area (Å²) >= 11 is 0. The molecule has 0 aromatic heterocycles. The van der Waals surface area contributed by atoms with E-state index in [-0.39, 0.29) is 0 Å². The van der Waals surface area contributed by atoms with Crippen LogP contribution in [0.2, 0.25) is 0 Å². The van der Waals surface area contributed by atoms with Crippen LogP contribution in [0.1, 0.15) is 20.8 Å². The molecule has 2 aliphatic heterocycles. The molecule has 0 aromatic rings. The third-order valence-corrected chi connectivity index (χ3v) is 3.29. The Morgan fingerprint density at radius 2 is 1.36 bits per heavy atom. The number of carbonyl (C=O) groups excluding carboxylic acids is 3. The number of esters is 3. The predicted molar refractivity (Wildman–Crippen MR) is 67.3 cm³/mol. The normalized spacial score (nSPS) is 36.5. The summed E-state index contributed by atoms with van der Waals surface area (Å²) in [5, 5.41) is 9.34. The summed E-state index contributed by atoms with van der Waals surface area (Å²) in [4.78, 5) is 33.9. The fraction of sp³-hybridized carbons (Fsp3) is 0.769. The minimum absolute atomic E-state index is 0.390. The standard InChI is InChI=1S/C13H18O9/c1-5(15)18-10-9-8(4-14)21-13(22-9)12(20-7(3)17)11(10)19-6(2)16/h8-14H,4H2,1-3H3/t8-,9+,10+,11-,12-,13+/m0/s1. The summed E-state index contributed by atoms with van der Waals surface area (Å²) in [6.07, 6.45) is -5.85. The Kier molecular flexibility index (Phi) is 4.99. The highest BCUT2D eigenvalue weighted by Gasteiger charge is 2.59. The monoisotopic (exact) mass is 318 g/mol. The van der Waals surface area contributed by atoms with Crippen LogP contribution in [0.4, 0.5) is 0 Å². The molecule has 0 saturated carbocycles. The SMILES string of the molecule is CC(=O)O[C@H]1[C@H](OC(C)=O)[C@@H]2O[C@@H](O[C@H]2CO)[C@H]1OC(C)=O. The van der Waals surface area contributed by atoms with Crippen LogP contribution in [-0.4, -0.2) is 66.4 Å². The van der Waals surface area contributed by atoms with Crippen molar-refractivity contribution in [3.05, 3.63) is 0 Å². The Bertz CT molecular complexity index is 462. The molecule has 1 N–H and O–H groups in total. The van der Waals surface area contributed by atoms with Gasteiger partial charge in [0.1, 0.15) is 12.2 Å². The lowest BCUT2D eigenvalue weighted by Crippen LogP contribution is -2.59. The number of carbonyl (C=O) groups is 3. The lowest BCUT2D eigenvalue weighted by molar-refractivity contribution is -0.250. The average molecular weight is 318 g/mol. The molecular weight excluding hydrogens is 300 g/mol. The highest BCUT2D eigenvalue weighted by molar-refractivity contribution is 5.68. The van der Waals surface area contributed by atoms with E-state index < -0.39 is 61.3 Å². The quantitative estimate of drug-likeness (QED) is 0.509. The zero-order chi connectivity index (χ0) is 16.4. The Morgan fingerprint density at radius 3 is 1.86 bits per heavy atom. The molecule has 124 valence electrons. The molecule has 2 rings (SSSR count). The van der Waals surface area contributed by atoms with Crippen LogP contribution in [0.3, 0.4) is 0 Å². The first kappa shape index (κ1) is 16.7. The molecule has 2 fully saturated rings. The highest BCUT2D eigenvalue weighted by atomic mass is 16.8. The van der Waals surface area contributed by atoms with Gasteiger partial charge < -0.3 is 28.8 Å². The molecule has 9 nitrogen and oxygen atoms in total. The van der Waals surface area contributed by atoms with Gasteiger partial charge in [-0.15, -0.1) is 0 Å². The van der Waals surface area contributed by atoms with Gasteiger partial charge in [-0.1, -0.05) is 0 Å². The molecule has 0 amide bonds. The van der Waals surface area contributed by atoms with E-state index in [4.69, 9.17) is 23.7 Å². The van der Waals surface area contributed by atoms with Crippen molar-refractivity contribution < 1.29 is 43.2 Å². The van der Waals surface area contributed by atoms with Crippen LogP contribution >= 0.6 is 0 Å². The summed E-state index contributed by atoms with van der Waals surface area (Å²) in [6, 6.07) is 0. The summed E-state index contributed by atoms with van der Waals surface area (Å²) in [5.74, 6) is -1.91. The van der Waals surface area contributed by atoms with Gasteiger partial charge in [-0.3, -0.25) is 14.4 Å². The van der Waals surface area contributed by atoms with Crippen LogP contribution in [0, 0.1) is 0 Å². The predicted octanol–water partition coefficient (Wildman–Crippen LogP) is -1.10. The van der Waals surface area contributed by atoms with Crippen LogP contribution in [-0.2, 0) is 38.1 Å². The van der Waals surface area contributed by atoms with Gasteiger partial charge in [0.25, 0.3) is 0 Å². The van der Waals surface area contributed by atoms with Gasteiger partial charge in [-0.05, 0) is 0 Å². The number of fused-ring (bicyclic) bond motifs is 2. The van der Waals surface area contributed by atoms with Crippen LogP contribution in [0.15, 0.2) is 0 Å². The minimum Gasteiger partial charge on any atom is -0.456 e. The van der Waals surface area contributed by atoms with E-state index in [9.17, 15) is 19.5 Å². The summed E-state index contributed by atoms with van der Waals surface area (Å²) in [6.45, 7) is 3.15. The number of aliphatic hydroxyl groups is 1. The summed E-state index contributed by atoms with van der Waals surface area (Å²) in [5.41, 5.74) is 0. The minimum atomic E-state index is -1.10. The first-order chi connectivity index (χ1) is 10.3. The maximum Gasteiger partial charge on any atom is 0.303 e. The van der Waals surface area contributed by atoms with Crippen molar-refractivity contribution >= 4 is 17.9 Å². The van der Waals surface area contributed by atoms with Crippen LogP contribution in [0.25, 0.3) is 0 Å². The molecule has 2 heterocycles. The lowest BCUT2D eigenvalue weighted by atomic mass is 9.97. The molecule has 0 aliphatic carbocycles. The topological polar surface area (TPSA) is 118 Å². The lowest BCUT2D eigenvalue weighted by Gasteiger charge is -2.38. The average Bonchev–Trinajstić information content (AvgIpc) is 2.78. The molecule has 2 bridgehead atoms. The summed E-state index contributed by atoms with van der Waals surface area (Å²) in [7, 11) is 0. The maximum atomic E-state index is 11.3. The fourth-order valence-corrected chi connectivity index (χ4v) is 2.61. The molecule has 0 radical (unpaired) electrons. The van der Waals surface area contributed by atoms with E-state index in [2.05, 4.69) is 0 Å². The fourth-order valence-electron chi connectivity index (χ4n) is 2.61. The number of ether oxygens (including phenoxy) is 5. The Labute approximate surface area is 126 Å². The largest absolute Gasteiger partial charge is 0.456 e. The Balaban J connectivity index is 2.32. The second-order valence-corrected chi connectivity index (χ2v) is 5.05. The van der Waals surface area contributed by atoms with Crippen molar-refractivity contribution in [3.63, 3.8) is 0 Å². The zero-order valence-corrected chi connectivity index (χ0v) is 12.4. The van der Waals surface area contributed by atoms with E-state index >= 15 is 0 Å². The van der Waals surface area contributed by atoms with Gasteiger partial charge in [-0.25, -0.2) is 0 Å². The molecule has 6 atom stereocenters. The number of rotatable bonds is 4. The maximum absolute atomic E-state index is 11.3. The third-order valence-electron chi connectivity index (χ3n) is 3.29. The zero-order valence-electron chi connectivity index (χ0n) is 12.4. The van der Waals surface area contributed by atoms with Crippen molar-refractivity contribution in [1.82, 2.24) is 0 Å². The van der Waals surface area contributed by atoms with Crippen molar-refractivity contribution in [3.8, 4) is 0 Å². The molecule has 2 aliphatic rings. The molecule has 2 saturated heterocycles. The van der Waals surface area contributed by atoms with Crippen molar-refractivity contribution in [2.45, 2.75) is 57.6 Å². The van der Waals surface area contributed by atoms with Gasteiger partial charge in [-0.2, -0.15) is 0 Å². The number of aliphatic hydroxyl groups excluding tert-OH is 1. The second kappa shape index (κ2) is 6.59. The second-order valence-electron chi connectivity index (χ2n) is 5.05. The Hall–Kier alpha value is -1.71. The van der Waals surface area contributed by atoms with Gasteiger partial charge in [0.05, 0.1) is 6.61 Å². The summed E-state index contributed by atoms with van der Waals surface area (Å²) < 4.78 is 26.4. The smallest absolute Gasteiger partial charge is 0.303 e. The number of hydrogen-bond acceptors (Lipinski definition) is 9. The first-order valence-electron chi connectivity index (χ1n) is 6.77. The number of hydrogen-bond donors (Lipinski definition) is 1. The van der Waals surface area contributed by atoms with Crippen molar-refractivity contribution in [2.75, 3.05) is 6.61 Å². The van der Waals surface area contributed by atoms with E-state index in [0.717, 1.165) is 0 Å². The molecule has 0 unspecified atom stereocenters. The van der Waals surface area contributed by atoms with Crippen LogP contribution in [0.5, 0.6) is 0 Å². The highest BCUT2D eigenvalue weighted by Crippen LogP contribution is 2.37. The van der Waals surface area contributed by atoms with Gasteiger partial charge in [0, 0.05) is 20.8 Å².